The van der Waals surface area contributed by atoms with Gasteiger partial charge >= 0.3 is 0 Å². The van der Waals surface area contributed by atoms with E-state index >= 15 is 0 Å². The van der Waals surface area contributed by atoms with Gasteiger partial charge < -0.3 is 24.1 Å². The number of hydrogen-bond donors (Lipinski definition) is 1. The molecule has 4 aromatic carbocycles. The van der Waals surface area contributed by atoms with Crippen LogP contribution in [0.25, 0.3) is 43.6 Å². The van der Waals surface area contributed by atoms with Crippen LogP contribution in [0.4, 0.5) is 0 Å². The number of carbonyl (C=O) groups is 2. The Hall–Kier alpha value is -4.62. The second-order valence-corrected chi connectivity index (χ2v) is 12.5. The van der Waals surface area contributed by atoms with Gasteiger partial charge in [-0.2, -0.15) is 0 Å². The summed E-state index contributed by atoms with van der Waals surface area (Å²) in [6.07, 6.45) is 1.14. The Morgan fingerprint density at radius 2 is 1.63 bits per heavy atom. The molecule has 3 aliphatic rings. The first-order valence-corrected chi connectivity index (χ1v) is 15.2. The molecule has 1 saturated heterocycles. The number of fused-ring (bicyclic) bond motifs is 13. The molecule has 6 aromatic rings. The number of para-hydroxylation sites is 2. The smallest absolute Gasteiger partial charge is 0.253 e. The zero-order chi connectivity index (χ0) is 29.2. The zero-order valence-electron chi connectivity index (χ0n) is 24.4. The second-order valence-electron chi connectivity index (χ2n) is 12.5. The molecule has 4 atom stereocenters. The molecule has 7 nitrogen and oxygen atoms in total. The maximum Gasteiger partial charge on any atom is 0.253 e. The van der Waals surface area contributed by atoms with E-state index in [1.54, 1.807) is 0 Å². The van der Waals surface area contributed by atoms with Gasteiger partial charge in [-0.15, -0.1) is 0 Å². The number of rotatable bonds is 3. The van der Waals surface area contributed by atoms with Gasteiger partial charge in [0.1, 0.15) is 12.0 Å². The van der Waals surface area contributed by atoms with Crippen LogP contribution in [-0.4, -0.2) is 38.9 Å². The summed E-state index contributed by atoms with van der Waals surface area (Å²) in [5, 5.41) is 7.45. The lowest BCUT2D eigenvalue weighted by Gasteiger charge is -2.51. The molecular weight excluding hydrogens is 536 g/mol. The first kappa shape index (κ1) is 24.9. The van der Waals surface area contributed by atoms with E-state index in [0.717, 1.165) is 61.2 Å². The van der Waals surface area contributed by atoms with Gasteiger partial charge in [-0.05, 0) is 43.2 Å². The molecule has 0 spiro atoms. The van der Waals surface area contributed by atoms with E-state index in [-0.39, 0.29) is 30.0 Å². The highest BCUT2D eigenvalue weighted by molar-refractivity contribution is 6.31. The molecule has 7 heteroatoms. The molecular formula is C36H32N4O3. The standard InChI is InChI=1S/C36H32N4O3/c1-4-24-27(38(3)35(42)20-12-6-5-7-13-20)18-28-39-25-16-10-8-14-21(25)30-31-23(19-37-34(31)41)29-22-15-9-11-17-26(22)40(33(29)32(30)39)36(24,2)43-28/h5-17,24,27-28H,4,18-19H2,1-3H3,(H,37,41)/t24-,27-,28-,36+/m1/s1. The van der Waals surface area contributed by atoms with Crippen molar-refractivity contribution in [3.63, 3.8) is 0 Å². The Bertz CT molecular complexity index is 2180. The minimum absolute atomic E-state index is 0.0133. The second kappa shape index (κ2) is 8.48. The number of aromatic nitrogens is 2. The van der Waals surface area contributed by atoms with Crippen molar-refractivity contribution in [3.8, 4) is 0 Å². The third-order valence-electron chi connectivity index (χ3n) is 10.5. The lowest BCUT2D eigenvalue weighted by molar-refractivity contribution is -0.237. The van der Waals surface area contributed by atoms with E-state index in [1.807, 2.05) is 48.3 Å². The summed E-state index contributed by atoms with van der Waals surface area (Å²) in [4.78, 5) is 29.4. The number of carbonyl (C=O) groups excluding carboxylic acids is 2. The summed E-state index contributed by atoms with van der Waals surface area (Å²) in [6, 6.07) is 26.3. The van der Waals surface area contributed by atoms with Gasteiger partial charge in [-0.3, -0.25) is 9.59 Å². The van der Waals surface area contributed by atoms with Crippen molar-refractivity contribution in [2.45, 2.75) is 51.2 Å². The first-order chi connectivity index (χ1) is 20.9. The summed E-state index contributed by atoms with van der Waals surface area (Å²) in [6.45, 7) is 4.92. The van der Waals surface area contributed by atoms with Crippen LogP contribution in [-0.2, 0) is 17.0 Å². The maximum absolute atomic E-state index is 13.9. The van der Waals surface area contributed by atoms with E-state index in [1.165, 1.54) is 0 Å². The Kier molecular flexibility index (Phi) is 4.92. The number of benzene rings is 4. The quantitative estimate of drug-likeness (QED) is 0.252. The molecule has 2 aromatic heterocycles. The topological polar surface area (TPSA) is 68.5 Å². The third-order valence-corrected chi connectivity index (χ3v) is 10.5. The molecule has 1 fully saturated rings. The van der Waals surface area contributed by atoms with Crippen LogP contribution >= 0.6 is 0 Å². The molecule has 214 valence electrons. The fraction of sp³-hybridized carbons (Fsp3) is 0.278. The Morgan fingerprint density at radius 3 is 2.37 bits per heavy atom. The van der Waals surface area contributed by atoms with Crippen molar-refractivity contribution in [3.05, 3.63) is 95.6 Å². The normalized spacial score (nSPS) is 24.2. The monoisotopic (exact) mass is 568 g/mol. The van der Waals surface area contributed by atoms with Crippen molar-refractivity contribution in [1.29, 1.82) is 0 Å². The molecule has 0 aliphatic carbocycles. The van der Waals surface area contributed by atoms with E-state index in [0.29, 0.717) is 18.5 Å². The number of hydrogen-bond acceptors (Lipinski definition) is 3. The molecule has 43 heavy (non-hydrogen) atoms. The number of nitrogens with one attached hydrogen (secondary N) is 1. The van der Waals surface area contributed by atoms with Gasteiger partial charge in [-0.1, -0.05) is 61.5 Å². The van der Waals surface area contributed by atoms with E-state index in [9.17, 15) is 9.59 Å². The Morgan fingerprint density at radius 1 is 0.953 bits per heavy atom. The maximum atomic E-state index is 13.9. The van der Waals surface area contributed by atoms with Gasteiger partial charge in [0.15, 0.2) is 0 Å². The predicted octanol–water partition coefficient (Wildman–Crippen LogP) is 6.92. The van der Waals surface area contributed by atoms with E-state index < -0.39 is 5.72 Å². The van der Waals surface area contributed by atoms with Crippen LogP contribution in [0.3, 0.4) is 0 Å². The van der Waals surface area contributed by atoms with Crippen LogP contribution in [0.5, 0.6) is 0 Å². The highest BCUT2D eigenvalue weighted by Crippen LogP contribution is 2.55. The number of nitrogens with zero attached hydrogens (tertiary/aromatic N) is 3. The molecule has 3 aliphatic heterocycles. The Labute approximate surface area is 248 Å². The lowest BCUT2D eigenvalue weighted by Crippen LogP contribution is -2.57. The highest BCUT2D eigenvalue weighted by atomic mass is 16.5. The van der Waals surface area contributed by atoms with Crippen molar-refractivity contribution in [2.24, 2.45) is 5.92 Å². The van der Waals surface area contributed by atoms with Crippen LogP contribution in [0.2, 0.25) is 0 Å². The average Bonchev–Trinajstić information content (AvgIpc) is 3.68. The average molecular weight is 569 g/mol. The molecule has 9 rings (SSSR count). The first-order valence-electron chi connectivity index (χ1n) is 15.2. The van der Waals surface area contributed by atoms with Gasteiger partial charge in [0.2, 0.25) is 0 Å². The lowest BCUT2D eigenvalue weighted by atomic mass is 9.81. The molecule has 5 heterocycles. The summed E-state index contributed by atoms with van der Waals surface area (Å²) in [5.41, 5.74) is 6.06. The van der Waals surface area contributed by atoms with E-state index in [2.05, 4.69) is 70.8 Å². The predicted molar refractivity (Wildman–Crippen MR) is 168 cm³/mol. The summed E-state index contributed by atoms with van der Waals surface area (Å²) < 4.78 is 12.1. The summed E-state index contributed by atoms with van der Waals surface area (Å²) >= 11 is 0. The SMILES string of the molecule is CC[C@@H]1[C@H](N(C)C(=O)c2ccccc2)C[C@H]2O[C@]1(C)n1c3ccccc3c3c4c(c5c6ccccc6n2c5c31)C(=O)NC4. The zero-order valence-corrected chi connectivity index (χ0v) is 24.4. The Balaban J connectivity index is 1.43. The van der Waals surface area contributed by atoms with Crippen molar-refractivity contribution < 1.29 is 14.3 Å². The van der Waals surface area contributed by atoms with Gasteiger partial charge in [0.25, 0.3) is 11.8 Å². The summed E-state index contributed by atoms with van der Waals surface area (Å²) in [5.74, 6) is 0.0114. The molecule has 2 bridgehead atoms. The van der Waals surface area contributed by atoms with Crippen molar-refractivity contribution >= 4 is 55.4 Å². The van der Waals surface area contributed by atoms with Crippen LogP contribution < -0.4 is 5.32 Å². The minimum atomic E-state index is -0.758. The van der Waals surface area contributed by atoms with Crippen molar-refractivity contribution in [1.82, 2.24) is 19.4 Å². The van der Waals surface area contributed by atoms with Crippen molar-refractivity contribution in [2.75, 3.05) is 7.05 Å². The summed E-state index contributed by atoms with van der Waals surface area (Å²) in [7, 11) is 1.95. The fourth-order valence-corrected chi connectivity index (χ4v) is 8.77. The van der Waals surface area contributed by atoms with Crippen LogP contribution in [0, 0.1) is 5.92 Å². The molecule has 0 unspecified atom stereocenters. The molecule has 0 radical (unpaired) electrons. The minimum Gasteiger partial charge on any atom is -0.348 e. The highest BCUT2D eigenvalue weighted by Gasteiger charge is 2.53. The van der Waals surface area contributed by atoms with E-state index in [4.69, 9.17) is 4.74 Å². The molecule has 2 amide bonds. The van der Waals surface area contributed by atoms with Gasteiger partial charge in [0, 0.05) is 59.1 Å². The van der Waals surface area contributed by atoms with Crippen LogP contribution in [0.1, 0.15) is 59.2 Å². The molecule has 1 N–H and O–H groups in total. The van der Waals surface area contributed by atoms with Gasteiger partial charge in [-0.25, -0.2) is 0 Å². The number of amides is 2. The molecule has 0 saturated carbocycles. The number of ether oxygens (including phenoxy) is 1. The fourth-order valence-electron chi connectivity index (χ4n) is 8.77. The van der Waals surface area contributed by atoms with Gasteiger partial charge in [0.05, 0.1) is 27.6 Å². The largest absolute Gasteiger partial charge is 0.348 e. The third kappa shape index (κ3) is 2.98. The van der Waals surface area contributed by atoms with Crippen LogP contribution in [0.15, 0.2) is 78.9 Å².